The average molecular weight is 302 g/mol. The molecule has 19 heavy (non-hydrogen) atoms. The van der Waals surface area contributed by atoms with Gasteiger partial charge in [0.1, 0.15) is 12.4 Å². The molecular formula is C12H12ClNO4S. The van der Waals surface area contributed by atoms with E-state index in [1.54, 1.807) is 18.2 Å². The van der Waals surface area contributed by atoms with Gasteiger partial charge in [-0.2, -0.15) is 8.42 Å². The van der Waals surface area contributed by atoms with Crippen LogP contribution in [-0.4, -0.2) is 13.5 Å². The van der Waals surface area contributed by atoms with Crippen LogP contribution in [0.4, 0.5) is 5.69 Å². The number of aliphatic hydroxyl groups is 1. The molecule has 0 aliphatic heterocycles. The molecule has 0 saturated carbocycles. The summed E-state index contributed by atoms with van der Waals surface area (Å²) in [6.45, 7) is 1.46. The Morgan fingerprint density at radius 3 is 2.68 bits per heavy atom. The molecule has 1 aromatic heterocycles. The van der Waals surface area contributed by atoms with Crippen LogP contribution < -0.4 is 4.72 Å². The van der Waals surface area contributed by atoms with Gasteiger partial charge < -0.3 is 9.52 Å². The van der Waals surface area contributed by atoms with Crippen LogP contribution in [0.5, 0.6) is 0 Å². The van der Waals surface area contributed by atoms with E-state index >= 15 is 0 Å². The van der Waals surface area contributed by atoms with Gasteiger partial charge in [0.25, 0.3) is 10.0 Å². The molecule has 0 fully saturated rings. The van der Waals surface area contributed by atoms with Crippen LogP contribution in [0.25, 0.3) is 0 Å². The first-order valence-electron chi connectivity index (χ1n) is 5.41. The molecule has 0 unspecified atom stereocenters. The van der Waals surface area contributed by atoms with E-state index in [0.717, 1.165) is 5.56 Å². The molecule has 2 rings (SSSR count). The molecule has 0 aliphatic rings. The Labute approximate surface area is 115 Å². The molecule has 1 heterocycles. The zero-order valence-corrected chi connectivity index (χ0v) is 11.6. The number of benzene rings is 1. The van der Waals surface area contributed by atoms with Crippen molar-refractivity contribution in [2.45, 2.75) is 18.6 Å². The van der Waals surface area contributed by atoms with E-state index in [1.807, 2.05) is 6.92 Å². The van der Waals surface area contributed by atoms with Gasteiger partial charge in [-0.25, -0.2) is 0 Å². The minimum absolute atomic E-state index is 0.177. The van der Waals surface area contributed by atoms with Crippen LogP contribution in [0.15, 0.2) is 39.8 Å². The maximum atomic E-state index is 12.0. The molecule has 0 atom stereocenters. The van der Waals surface area contributed by atoms with Crippen molar-refractivity contribution >= 4 is 27.3 Å². The van der Waals surface area contributed by atoms with Crippen molar-refractivity contribution < 1.29 is 17.9 Å². The average Bonchev–Trinajstić information content (AvgIpc) is 2.83. The summed E-state index contributed by atoms with van der Waals surface area (Å²) in [6.07, 6.45) is 0. The quantitative estimate of drug-likeness (QED) is 0.909. The summed E-state index contributed by atoms with van der Waals surface area (Å²) >= 11 is 5.92. The highest BCUT2D eigenvalue weighted by Gasteiger charge is 2.20. The summed E-state index contributed by atoms with van der Waals surface area (Å²) in [4.78, 5) is 0. The van der Waals surface area contributed by atoms with Gasteiger partial charge in [0.15, 0.2) is 0 Å². The lowest BCUT2D eigenvalue weighted by molar-refractivity contribution is 0.236. The summed E-state index contributed by atoms with van der Waals surface area (Å²) in [6, 6.07) is 7.67. The number of aliphatic hydroxyl groups excluding tert-OH is 1. The number of aryl methyl sites for hydroxylation is 1. The summed E-state index contributed by atoms with van der Waals surface area (Å²) < 4.78 is 31.4. The van der Waals surface area contributed by atoms with Gasteiger partial charge in [-0.15, -0.1) is 0 Å². The minimum Gasteiger partial charge on any atom is -0.445 e. The van der Waals surface area contributed by atoms with E-state index in [0.29, 0.717) is 5.02 Å². The normalized spacial score (nSPS) is 11.5. The second kappa shape index (κ2) is 5.24. The SMILES string of the molecule is Cc1ccc(Cl)c(NS(=O)(=O)c2ccc(CO)o2)c1. The lowest BCUT2D eigenvalue weighted by Gasteiger charge is -2.08. The Balaban J connectivity index is 2.33. The standard InChI is InChI=1S/C12H12ClNO4S/c1-8-2-4-10(13)11(6-8)14-19(16,17)12-5-3-9(7-15)18-12/h2-6,14-15H,7H2,1H3. The second-order valence-electron chi connectivity index (χ2n) is 3.97. The van der Waals surface area contributed by atoms with E-state index in [4.69, 9.17) is 21.1 Å². The van der Waals surface area contributed by atoms with Crippen molar-refractivity contribution in [1.82, 2.24) is 0 Å². The number of furan rings is 1. The topological polar surface area (TPSA) is 79.5 Å². The van der Waals surface area contributed by atoms with Crippen molar-refractivity contribution in [2.75, 3.05) is 4.72 Å². The third-order valence-corrected chi connectivity index (χ3v) is 3.99. The number of nitrogens with one attached hydrogen (secondary N) is 1. The third kappa shape index (κ3) is 3.09. The third-order valence-electron chi connectivity index (χ3n) is 2.42. The van der Waals surface area contributed by atoms with E-state index in [-0.39, 0.29) is 23.1 Å². The monoisotopic (exact) mass is 301 g/mol. The van der Waals surface area contributed by atoms with Crippen LogP contribution in [0.2, 0.25) is 5.02 Å². The molecule has 2 aromatic rings. The van der Waals surface area contributed by atoms with Crippen molar-refractivity contribution in [3.8, 4) is 0 Å². The van der Waals surface area contributed by atoms with Crippen LogP contribution in [-0.2, 0) is 16.6 Å². The maximum Gasteiger partial charge on any atom is 0.295 e. The molecule has 0 bridgehead atoms. The second-order valence-corrected chi connectivity index (χ2v) is 5.99. The first-order chi connectivity index (χ1) is 8.92. The smallest absolute Gasteiger partial charge is 0.295 e. The Morgan fingerprint density at radius 2 is 2.05 bits per heavy atom. The van der Waals surface area contributed by atoms with Crippen LogP contribution >= 0.6 is 11.6 Å². The Bertz CT molecular complexity index is 694. The van der Waals surface area contributed by atoms with Crippen LogP contribution in [0.1, 0.15) is 11.3 Å². The Morgan fingerprint density at radius 1 is 1.32 bits per heavy atom. The number of hydrogen-bond donors (Lipinski definition) is 2. The summed E-state index contributed by atoms with van der Waals surface area (Å²) in [5.41, 5.74) is 1.15. The lowest BCUT2D eigenvalue weighted by Crippen LogP contribution is -2.12. The van der Waals surface area contributed by atoms with Gasteiger partial charge in [-0.3, -0.25) is 4.72 Å². The highest BCUT2D eigenvalue weighted by molar-refractivity contribution is 7.92. The molecular weight excluding hydrogens is 290 g/mol. The highest BCUT2D eigenvalue weighted by atomic mass is 35.5. The molecule has 0 saturated heterocycles. The Hall–Kier alpha value is -1.50. The number of hydrogen-bond acceptors (Lipinski definition) is 4. The lowest BCUT2D eigenvalue weighted by atomic mass is 10.2. The van der Waals surface area contributed by atoms with Gasteiger partial charge in [0.05, 0.1) is 10.7 Å². The zero-order valence-electron chi connectivity index (χ0n) is 10.1. The van der Waals surface area contributed by atoms with Crippen molar-refractivity contribution in [2.24, 2.45) is 0 Å². The first-order valence-corrected chi connectivity index (χ1v) is 7.27. The molecule has 0 spiro atoms. The van der Waals surface area contributed by atoms with Crippen molar-refractivity contribution in [3.63, 3.8) is 0 Å². The van der Waals surface area contributed by atoms with E-state index in [9.17, 15) is 8.42 Å². The van der Waals surface area contributed by atoms with Crippen molar-refractivity contribution in [3.05, 3.63) is 46.7 Å². The van der Waals surface area contributed by atoms with Gasteiger partial charge in [-0.1, -0.05) is 17.7 Å². The number of anilines is 1. The molecule has 1 aromatic carbocycles. The Kier molecular flexibility index (Phi) is 3.84. The fourth-order valence-electron chi connectivity index (χ4n) is 1.50. The summed E-state index contributed by atoms with van der Waals surface area (Å²) in [5.74, 6) is 0.177. The molecule has 7 heteroatoms. The van der Waals surface area contributed by atoms with Crippen LogP contribution in [0.3, 0.4) is 0 Å². The maximum absolute atomic E-state index is 12.0. The molecule has 5 nitrogen and oxygen atoms in total. The fraction of sp³-hybridized carbons (Fsp3) is 0.167. The molecule has 0 amide bonds. The number of sulfonamides is 1. The summed E-state index contributed by atoms with van der Waals surface area (Å²) in [7, 11) is -3.85. The molecule has 0 radical (unpaired) electrons. The number of rotatable bonds is 4. The van der Waals surface area contributed by atoms with Gasteiger partial charge in [0.2, 0.25) is 5.09 Å². The molecule has 102 valence electrons. The fourth-order valence-corrected chi connectivity index (χ4v) is 2.74. The summed E-state index contributed by atoms with van der Waals surface area (Å²) in [5, 5.41) is 8.88. The first kappa shape index (κ1) is 13.9. The van der Waals surface area contributed by atoms with E-state index in [1.165, 1.54) is 12.1 Å². The minimum atomic E-state index is -3.85. The highest BCUT2D eigenvalue weighted by Crippen LogP contribution is 2.26. The predicted molar refractivity (Wildman–Crippen MR) is 71.6 cm³/mol. The zero-order chi connectivity index (χ0) is 14.0. The van der Waals surface area contributed by atoms with Gasteiger partial charge >= 0.3 is 0 Å². The van der Waals surface area contributed by atoms with Crippen molar-refractivity contribution in [1.29, 1.82) is 0 Å². The molecule has 0 aliphatic carbocycles. The van der Waals surface area contributed by atoms with Crippen LogP contribution in [0, 0.1) is 6.92 Å². The van der Waals surface area contributed by atoms with E-state index in [2.05, 4.69) is 4.72 Å². The van der Waals surface area contributed by atoms with Gasteiger partial charge in [0, 0.05) is 0 Å². The van der Waals surface area contributed by atoms with Gasteiger partial charge in [-0.05, 0) is 36.8 Å². The largest absolute Gasteiger partial charge is 0.445 e. The van der Waals surface area contributed by atoms with E-state index < -0.39 is 10.0 Å². The predicted octanol–water partition coefficient (Wildman–Crippen LogP) is 2.53. The number of halogens is 1. The molecule has 2 N–H and O–H groups in total.